The highest BCUT2D eigenvalue weighted by molar-refractivity contribution is 8.19. The van der Waals surface area contributed by atoms with Gasteiger partial charge in [-0.05, 0) is 17.7 Å². The summed E-state index contributed by atoms with van der Waals surface area (Å²) in [5.74, 6) is 2.62. The van der Waals surface area contributed by atoms with Crippen molar-refractivity contribution in [2.75, 3.05) is 23.4 Å². The zero-order chi connectivity index (χ0) is 20.9. The number of benzene rings is 2. The molecule has 0 atom stereocenters. The topological polar surface area (TPSA) is 68.3 Å². The lowest BCUT2D eigenvalue weighted by Gasteiger charge is -2.10. The number of ether oxygens (including phenoxy) is 1. The van der Waals surface area contributed by atoms with Crippen LogP contribution in [0.25, 0.3) is 11.3 Å². The van der Waals surface area contributed by atoms with Crippen LogP contribution in [0.1, 0.15) is 26.7 Å². The molecule has 0 spiro atoms. The molecule has 1 saturated heterocycles. The van der Waals surface area contributed by atoms with E-state index >= 15 is 0 Å². The van der Waals surface area contributed by atoms with Gasteiger partial charge in [0.1, 0.15) is 5.75 Å². The van der Waals surface area contributed by atoms with Crippen molar-refractivity contribution < 1.29 is 14.3 Å². The summed E-state index contributed by atoms with van der Waals surface area (Å²) in [4.78, 5) is 29.3. The number of thiazole rings is 1. The molecule has 1 amide bonds. The highest BCUT2D eigenvalue weighted by Gasteiger charge is 2.19. The number of aromatic nitrogens is 1. The Morgan fingerprint density at radius 3 is 2.43 bits per heavy atom. The van der Waals surface area contributed by atoms with Crippen molar-refractivity contribution in [1.29, 1.82) is 0 Å². The minimum Gasteiger partial charge on any atom is -0.484 e. The molecule has 5 nitrogen and oxygen atoms in total. The molecule has 2 aromatic carbocycles. The standard InChI is InChI=1S/C22H20N2O3S3/c1-14(25)20-19(15-5-3-2-4-6-15)24-22(30-20)23-18(26)13-27-17-9-7-16(8-10-17)21-28-11-12-29-21/h2-10,21H,11-13H2,1H3,(H,23,24,26). The van der Waals surface area contributed by atoms with Gasteiger partial charge in [0, 0.05) is 24.0 Å². The summed E-state index contributed by atoms with van der Waals surface area (Å²) in [5, 5.41) is 3.13. The number of anilines is 1. The quantitative estimate of drug-likeness (QED) is 0.473. The number of Topliss-reactive ketones (excluding diaryl/α,β-unsaturated/α-hetero) is 1. The average molecular weight is 457 g/mol. The van der Waals surface area contributed by atoms with Gasteiger partial charge in [0.25, 0.3) is 5.91 Å². The van der Waals surface area contributed by atoms with Gasteiger partial charge in [-0.2, -0.15) is 0 Å². The number of nitrogens with zero attached hydrogens (tertiary/aromatic N) is 1. The molecule has 1 N–H and O–H groups in total. The molecule has 0 unspecified atom stereocenters. The van der Waals surface area contributed by atoms with E-state index in [2.05, 4.69) is 22.4 Å². The second-order valence-electron chi connectivity index (χ2n) is 6.60. The van der Waals surface area contributed by atoms with Crippen LogP contribution in [0.5, 0.6) is 5.75 Å². The predicted molar refractivity (Wildman–Crippen MR) is 126 cm³/mol. The fourth-order valence-corrected chi connectivity index (χ4v) is 6.74. The molecular weight excluding hydrogens is 436 g/mol. The van der Waals surface area contributed by atoms with Crippen molar-refractivity contribution in [1.82, 2.24) is 4.98 Å². The molecule has 154 valence electrons. The van der Waals surface area contributed by atoms with E-state index in [9.17, 15) is 9.59 Å². The molecule has 8 heteroatoms. The maximum atomic E-state index is 12.3. The Labute approximate surface area is 187 Å². The Kier molecular flexibility index (Phi) is 6.76. The highest BCUT2D eigenvalue weighted by atomic mass is 32.2. The van der Waals surface area contributed by atoms with Crippen molar-refractivity contribution in [3.63, 3.8) is 0 Å². The predicted octanol–water partition coefficient (Wildman–Crippen LogP) is 5.51. The van der Waals surface area contributed by atoms with E-state index in [1.807, 2.05) is 66.0 Å². The molecule has 1 aromatic heterocycles. The van der Waals surface area contributed by atoms with Crippen LogP contribution in [0.15, 0.2) is 54.6 Å². The summed E-state index contributed by atoms with van der Waals surface area (Å²) in [7, 11) is 0. The van der Waals surface area contributed by atoms with Gasteiger partial charge in [-0.25, -0.2) is 4.98 Å². The van der Waals surface area contributed by atoms with Gasteiger partial charge in [-0.1, -0.05) is 53.8 Å². The largest absolute Gasteiger partial charge is 0.484 e. The van der Waals surface area contributed by atoms with Gasteiger partial charge in [0.15, 0.2) is 17.5 Å². The van der Waals surface area contributed by atoms with Crippen molar-refractivity contribution in [2.24, 2.45) is 0 Å². The van der Waals surface area contributed by atoms with E-state index in [1.54, 1.807) is 0 Å². The Morgan fingerprint density at radius 1 is 1.07 bits per heavy atom. The molecule has 1 aliphatic rings. The van der Waals surface area contributed by atoms with Gasteiger partial charge >= 0.3 is 0 Å². The molecule has 1 fully saturated rings. The summed E-state index contributed by atoms with van der Waals surface area (Å²) in [5.41, 5.74) is 2.70. The molecule has 0 aliphatic carbocycles. The SMILES string of the molecule is CC(=O)c1sc(NC(=O)COc2ccc(C3SCCS3)cc2)nc1-c1ccccc1. The molecule has 30 heavy (non-hydrogen) atoms. The molecule has 3 aromatic rings. The van der Waals surface area contributed by atoms with Crippen LogP contribution < -0.4 is 10.1 Å². The number of thioether (sulfide) groups is 2. The van der Waals surface area contributed by atoms with Crippen molar-refractivity contribution >= 4 is 51.7 Å². The normalized spacial score (nSPS) is 13.9. The van der Waals surface area contributed by atoms with Crippen LogP contribution in [0, 0.1) is 0 Å². The Morgan fingerprint density at radius 2 is 1.77 bits per heavy atom. The van der Waals surface area contributed by atoms with Crippen molar-refractivity contribution in [3.05, 3.63) is 65.0 Å². The number of nitrogens with one attached hydrogen (secondary N) is 1. The molecule has 1 aliphatic heterocycles. The molecule has 4 rings (SSSR count). The van der Waals surface area contributed by atoms with Gasteiger partial charge in [-0.3, -0.25) is 14.9 Å². The van der Waals surface area contributed by atoms with Gasteiger partial charge < -0.3 is 4.74 Å². The number of ketones is 1. The summed E-state index contributed by atoms with van der Waals surface area (Å²) in [6, 6.07) is 17.4. The second-order valence-corrected chi connectivity index (χ2v) is 10.3. The smallest absolute Gasteiger partial charge is 0.264 e. The summed E-state index contributed by atoms with van der Waals surface area (Å²) >= 11 is 5.08. The van der Waals surface area contributed by atoms with E-state index in [-0.39, 0.29) is 18.3 Å². The third-order valence-electron chi connectivity index (χ3n) is 4.38. The first-order chi connectivity index (χ1) is 14.6. The monoisotopic (exact) mass is 456 g/mol. The first-order valence-corrected chi connectivity index (χ1v) is 12.3. The zero-order valence-corrected chi connectivity index (χ0v) is 18.7. The number of hydrogen-bond acceptors (Lipinski definition) is 7. The molecule has 0 radical (unpaired) electrons. The lowest BCUT2D eigenvalue weighted by molar-refractivity contribution is -0.118. The van der Waals surface area contributed by atoms with Crippen molar-refractivity contribution in [3.8, 4) is 17.0 Å². The molecule has 2 heterocycles. The Balaban J connectivity index is 1.37. The van der Waals surface area contributed by atoms with Crippen molar-refractivity contribution in [2.45, 2.75) is 11.5 Å². The first kappa shape index (κ1) is 21.0. The minimum atomic E-state index is -0.315. The third-order valence-corrected chi connectivity index (χ3v) is 8.56. The Hall–Kier alpha value is -2.29. The van der Waals surface area contributed by atoms with Crippen LogP contribution >= 0.6 is 34.9 Å². The zero-order valence-electron chi connectivity index (χ0n) is 16.3. The molecule has 0 saturated carbocycles. The maximum Gasteiger partial charge on any atom is 0.264 e. The van der Waals surface area contributed by atoms with Gasteiger partial charge in [0.05, 0.1) is 15.2 Å². The highest BCUT2D eigenvalue weighted by Crippen LogP contribution is 2.45. The molecular formula is C22H20N2O3S3. The van der Waals surface area contributed by atoms with E-state index in [4.69, 9.17) is 4.74 Å². The fraction of sp³-hybridized carbons (Fsp3) is 0.227. The van der Waals surface area contributed by atoms with E-state index in [1.165, 1.54) is 35.3 Å². The maximum absolute atomic E-state index is 12.3. The van der Waals surface area contributed by atoms with Crippen LogP contribution in [0.3, 0.4) is 0 Å². The van der Waals surface area contributed by atoms with E-state index in [0.29, 0.717) is 26.0 Å². The summed E-state index contributed by atoms with van der Waals surface area (Å²) < 4.78 is 6.10. The van der Waals surface area contributed by atoms with Crippen LogP contribution in [0.4, 0.5) is 5.13 Å². The van der Waals surface area contributed by atoms with E-state index < -0.39 is 0 Å². The first-order valence-electron chi connectivity index (χ1n) is 9.43. The summed E-state index contributed by atoms with van der Waals surface area (Å²) in [6.45, 7) is 1.38. The van der Waals surface area contributed by atoms with Gasteiger partial charge in [0.2, 0.25) is 0 Å². The number of carbonyl (C=O) groups excluding carboxylic acids is 2. The Bertz CT molecular complexity index is 1030. The average Bonchev–Trinajstić information content (AvgIpc) is 3.44. The lowest BCUT2D eigenvalue weighted by atomic mass is 10.1. The van der Waals surface area contributed by atoms with Crippen LogP contribution in [-0.4, -0.2) is 34.8 Å². The van der Waals surface area contributed by atoms with Gasteiger partial charge in [-0.15, -0.1) is 23.5 Å². The number of carbonyl (C=O) groups is 2. The fourth-order valence-electron chi connectivity index (χ4n) is 2.98. The van der Waals surface area contributed by atoms with Crippen LogP contribution in [-0.2, 0) is 4.79 Å². The number of rotatable bonds is 7. The number of hydrogen-bond donors (Lipinski definition) is 1. The lowest BCUT2D eigenvalue weighted by Crippen LogP contribution is -2.20. The molecule has 0 bridgehead atoms. The third kappa shape index (κ3) is 5.06. The second kappa shape index (κ2) is 9.68. The minimum absolute atomic E-state index is 0.0817. The van der Waals surface area contributed by atoms with Crippen LogP contribution in [0.2, 0.25) is 0 Å². The number of amides is 1. The van der Waals surface area contributed by atoms with E-state index in [0.717, 1.165) is 5.56 Å². The summed E-state index contributed by atoms with van der Waals surface area (Å²) in [6.07, 6.45) is 0.